The normalized spacial score (nSPS) is 22.9. The molecule has 0 bridgehead atoms. The zero-order chi connectivity index (χ0) is 17.8. The predicted octanol–water partition coefficient (Wildman–Crippen LogP) is 3.62. The van der Waals surface area contributed by atoms with Crippen LogP contribution in [0.15, 0.2) is 22.8 Å². The Labute approximate surface area is 150 Å². The van der Waals surface area contributed by atoms with E-state index in [4.69, 9.17) is 4.42 Å². The van der Waals surface area contributed by atoms with Gasteiger partial charge in [-0.2, -0.15) is 0 Å². The highest BCUT2D eigenvalue weighted by Gasteiger charge is 2.35. The lowest BCUT2D eigenvalue weighted by atomic mass is 9.93. The molecule has 3 heterocycles. The number of nitrogens with zero attached hydrogens (tertiary/aromatic N) is 2. The summed E-state index contributed by atoms with van der Waals surface area (Å²) in [6.07, 6.45) is 7.59. The molecule has 0 spiro atoms. The molecule has 1 aromatic heterocycles. The second kappa shape index (κ2) is 8.07. The van der Waals surface area contributed by atoms with Gasteiger partial charge < -0.3 is 14.2 Å². The first-order valence-electron chi connectivity index (χ1n) is 9.70. The average molecular weight is 346 g/mol. The highest BCUT2D eigenvalue weighted by molar-refractivity contribution is 5.81. The summed E-state index contributed by atoms with van der Waals surface area (Å²) in [6, 6.07) is 3.96. The van der Waals surface area contributed by atoms with Gasteiger partial charge in [-0.3, -0.25) is 9.59 Å². The van der Waals surface area contributed by atoms with Crippen molar-refractivity contribution in [3.8, 4) is 0 Å². The van der Waals surface area contributed by atoms with E-state index in [0.29, 0.717) is 13.1 Å². The third-order valence-electron chi connectivity index (χ3n) is 5.56. The number of carbonyl (C=O) groups excluding carboxylic acids is 2. The number of carbonyl (C=O) groups is 2. The zero-order valence-corrected chi connectivity index (χ0v) is 15.4. The third-order valence-corrected chi connectivity index (χ3v) is 5.56. The molecule has 5 nitrogen and oxygen atoms in total. The molecule has 2 aliphatic rings. The van der Waals surface area contributed by atoms with Crippen LogP contribution in [0.2, 0.25) is 0 Å². The SMILES string of the molecule is CC(C)C(=O)N1CCC(C(=O)N2CCCCC[C@@H]2c2ccco2)CC1. The van der Waals surface area contributed by atoms with Crippen molar-refractivity contribution in [3.63, 3.8) is 0 Å². The van der Waals surface area contributed by atoms with Crippen LogP contribution in [0.4, 0.5) is 0 Å². The van der Waals surface area contributed by atoms with Crippen LogP contribution in [-0.4, -0.2) is 41.2 Å². The average Bonchev–Trinajstić information content (AvgIpc) is 3.05. The van der Waals surface area contributed by atoms with E-state index < -0.39 is 0 Å². The zero-order valence-electron chi connectivity index (χ0n) is 15.4. The summed E-state index contributed by atoms with van der Waals surface area (Å²) in [5, 5.41) is 0. The molecular formula is C20H30N2O3. The van der Waals surface area contributed by atoms with Gasteiger partial charge in [-0.25, -0.2) is 0 Å². The van der Waals surface area contributed by atoms with Crippen LogP contribution in [0.25, 0.3) is 0 Å². The molecule has 5 heteroatoms. The minimum Gasteiger partial charge on any atom is -0.467 e. The Kier molecular flexibility index (Phi) is 5.82. The Hall–Kier alpha value is -1.78. The van der Waals surface area contributed by atoms with E-state index in [1.807, 2.05) is 30.9 Å². The Morgan fingerprint density at radius 3 is 2.48 bits per heavy atom. The lowest BCUT2D eigenvalue weighted by Gasteiger charge is -2.37. The van der Waals surface area contributed by atoms with Crippen LogP contribution in [0.3, 0.4) is 0 Å². The molecule has 1 atom stereocenters. The first-order valence-corrected chi connectivity index (χ1v) is 9.70. The van der Waals surface area contributed by atoms with Crippen LogP contribution < -0.4 is 0 Å². The molecule has 1 aromatic rings. The summed E-state index contributed by atoms with van der Waals surface area (Å²) in [6.45, 7) is 6.09. The van der Waals surface area contributed by atoms with Gasteiger partial charge in [0.25, 0.3) is 0 Å². The third kappa shape index (κ3) is 4.07. The summed E-state index contributed by atoms with van der Waals surface area (Å²) in [5.41, 5.74) is 0. The largest absolute Gasteiger partial charge is 0.467 e. The highest BCUT2D eigenvalue weighted by atomic mass is 16.3. The molecule has 2 amide bonds. The van der Waals surface area contributed by atoms with Crippen molar-refractivity contribution in [2.24, 2.45) is 11.8 Å². The van der Waals surface area contributed by atoms with Gasteiger partial charge >= 0.3 is 0 Å². The van der Waals surface area contributed by atoms with Crippen molar-refractivity contribution in [1.29, 1.82) is 0 Å². The standard InChI is InChI=1S/C20H30N2O3/c1-15(2)19(23)21-12-9-16(10-13-21)20(24)22-11-5-3-4-7-17(22)18-8-6-14-25-18/h6,8,14-17H,3-5,7,9-13H2,1-2H3/t17-/m1/s1. The van der Waals surface area contributed by atoms with Crippen molar-refractivity contribution in [1.82, 2.24) is 9.80 Å². The number of likely N-dealkylation sites (tertiary alicyclic amines) is 2. The minimum absolute atomic E-state index is 0.0289. The van der Waals surface area contributed by atoms with E-state index in [2.05, 4.69) is 4.90 Å². The van der Waals surface area contributed by atoms with Crippen molar-refractivity contribution < 1.29 is 14.0 Å². The van der Waals surface area contributed by atoms with Crippen molar-refractivity contribution in [2.45, 2.75) is 58.4 Å². The first-order chi connectivity index (χ1) is 12.1. The molecule has 2 aliphatic heterocycles. The molecule has 0 saturated carbocycles. The van der Waals surface area contributed by atoms with E-state index in [-0.39, 0.29) is 29.7 Å². The highest BCUT2D eigenvalue weighted by Crippen LogP contribution is 2.33. The molecule has 3 rings (SSSR count). The smallest absolute Gasteiger partial charge is 0.226 e. The molecule has 0 unspecified atom stereocenters. The number of amides is 2. The Balaban J connectivity index is 1.66. The summed E-state index contributed by atoms with van der Waals surface area (Å²) in [4.78, 5) is 29.3. The molecule has 2 fully saturated rings. The quantitative estimate of drug-likeness (QED) is 0.840. The Bertz CT molecular complexity index is 574. The fraction of sp³-hybridized carbons (Fsp3) is 0.700. The number of piperidine rings is 1. The van der Waals surface area contributed by atoms with Gasteiger partial charge in [0.1, 0.15) is 5.76 Å². The first kappa shape index (κ1) is 18.0. The van der Waals surface area contributed by atoms with Gasteiger partial charge in [0.05, 0.1) is 12.3 Å². The molecule has 0 N–H and O–H groups in total. The summed E-state index contributed by atoms with van der Waals surface area (Å²) < 4.78 is 5.62. The lowest BCUT2D eigenvalue weighted by molar-refractivity contribution is -0.144. The van der Waals surface area contributed by atoms with E-state index in [0.717, 1.165) is 44.4 Å². The van der Waals surface area contributed by atoms with Crippen LogP contribution in [0, 0.1) is 11.8 Å². The minimum atomic E-state index is 0.0289. The molecule has 25 heavy (non-hydrogen) atoms. The van der Waals surface area contributed by atoms with E-state index in [9.17, 15) is 9.59 Å². The fourth-order valence-electron chi connectivity index (χ4n) is 4.10. The molecule has 0 aromatic carbocycles. The maximum Gasteiger partial charge on any atom is 0.226 e. The van der Waals surface area contributed by atoms with Gasteiger partial charge in [-0.05, 0) is 37.8 Å². The van der Waals surface area contributed by atoms with Gasteiger partial charge in [0.2, 0.25) is 11.8 Å². The maximum absolute atomic E-state index is 13.2. The Morgan fingerprint density at radius 2 is 1.84 bits per heavy atom. The van der Waals surface area contributed by atoms with Crippen molar-refractivity contribution >= 4 is 11.8 Å². The van der Waals surface area contributed by atoms with Crippen molar-refractivity contribution in [3.05, 3.63) is 24.2 Å². The monoisotopic (exact) mass is 346 g/mol. The van der Waals surface area contributed by atoms with Crippen LogP contribution >= 0.6 is 0 Å². The van der Waals surface area contributed by atoms with Gasteiger partial charge in [-0.1, -0.05) is 26.7 Å². The number of furan rings is 1. The second-order valence-electron chi connectivity index (χ2n) is 7.67. The van der Waals surface area contributed by atoms with E-state index in [1.165, 1.54) is 6.42 Å². The maximum atomic E-state index is 13.2. The molecular weight excluding hydrogens is 316 g/mol. The van der Waals surface area contributed by atoms with Crippen LogP contribution in [-0.2, 0) is 9.59 Å². The predicted molar refractivity (Wildman–Crippen MR) is 95.8 cm³/mol. The fourth-order valence-corrected chi connectivity index (χ4v) is 4.10. The van der Waals surface area contributed by atoms with E-state index >= 15 is 0 Å². The van der Waals surface area contributed by atoms with Gasteiger partial charge in [0.15, 0.2) is 0 Å². The lowest BCUT2D eigenvalue weighted by Crippen LogP contribution is -2.46. The molecule has 2 saturated heterocycles. The summed E-state index contributed by atoms with van der Waals surface area (Å²) in [5.74, 6) is 1.42. The molecule has 0 aliphatic carbocycles. The topological polar surface area (TPSA) is 53.8 Å². The van der Waals surface area contributed by atoms with Gasteiger partial charge in [-0.15, -0.1) is 0 Å². The Morgan fingerprint density at radius 1 is 1.08 bits per heavy atom. The summed E-state index contributed by atoms with van der Waals surface area (Å²) >= 11 is 0. The number of hydrogen-bond donors (Lipinski definition) is 0. The molecule has 138 valence electrons. The number of rotatable bonds is 3. The number of hydrogen-bond acceptors (Lipinski definition) is 3. The summed E-state index contributed by atoms with van der Waals surface area (Å²) in [7, 11) is 0. The second-order valence-corrected chi connectivity index (χ2v) is 7.67. The van der Waals surface area contributed by atoms with Crippen LogP contribution in [0.5, 0.6) is 0 Å². The van der Waals surface area contributed by atoms with Crippen molar-refractivity contribution in [2.75, 3.05) is 19.6 Å². The van der Waals surface area contributed by atoms with Gasteiger partial charge in [0, 0.05) is 31.5 Å². The molecule has 0 radical (unpaired) electrons. The van der Waals surface area contributed by atoms with E-state index in [1.54, 1.807) is 6.26 Å². The van der Waals surface area contributed by atoms with Crippen LogP contribution in [0.1, 0.15) is 64.2 Å².